The molecule has 2 N–H and O–H groups in total. The third-order valence-electron chi connectivity index (χ3n) is 3.90. The number of ether oxygens (including phenoxy) is 2. The van der Waals surface area contributed by atoms with Gasteiger partial charge in [0.15, 0.2) is 17.1 Å². The van der Waals surface area contributed by atoms with Crippen molar-refractivity contribution in [1.82, 2.24) is 0 Å². The predicted molar refractivity (Wildman–Crippen MR) is 86.9 cm³/mol. The molecule has 2 rings (SSSR count). The number of carboxylic acid groups (broad SMARTS) is 1. The van der Waals surface area contributed by atoms with E-state index in [4.69, 9.17) is 14.6 Å². The molecule has 1 heterocycles. The number of rotatable bonds is 6. The molecule has 1 aromatic rings. The number of hydrogen-bond acceptors (Lipinski definition) is 4. The third kappa shape index (κ3) is 3.31. The lowest BCUT2D eigenvalue weighted by Crippen LogP contribution is -2.50. The van der Waals surface area contributed by atoms with E-state index >= 15 is 0 Å². The Morgan fingerprint density at radius 3 is 2.61 bits per heavy atom. The monoisotopic (exact) mass is 319 g/mol. The fourth-order valence-electron chi connectivity index (χ4n) is 2.54. The van der Waals surface area contributed by atoms with Crippen LogP contribution < -0.4 is 14.8 Å². The number of amides is 1. The predicted octanol–water partition coefficient (Wildman–Crippen LogP) is 3.07. The van der Waals surface area contributed by atoms with Crippen molar-refractivity contribution in [3.05, 3.63) is 23.8 Å². The molecule has 0 saturated heterocycles. The lowest BCUT2D eigenvalue weighted by Gasteiger charge is -2.37. The Hall–Kier alpha value is -2.50. The Morgan fingerprint density at radius 1 is 1.35 bits per heavy atom. The van der Waals surface area contributed by atoms with Gasteiger partial charge in [-0.1, -0.05) is 13.8 Å². The second-order valence-corrected chi connectivity index (χ2v) is 5.26. The summed E-state index contributed by atoms with van der Waals surface area (Å²) < 4.78 is 11.6. The van der Waals surface area contributed by atoms with E-state index in [0.29, 0.717) is 42.2 Å². The molecule has 6 heteroatoms. The first kappa shape index (κ1) is 16.9. The molecule has 124 valence electrons. The molecule has 1 aromatic carbocycles. The molecule has 0 saturated carbocycles. The highest BCUT2D eigenvalue weighted by atomic mass is 16.5. The van der Waals surface area contributed by atoms with Gasteiger partial charge in [-0.3, -0.25) is 4.79 Å². The summed E-state index contributed by atoms with van der Waals surface area (Å²) in [7, 11) is 0. The summed E-state index contributed by atoms with van der Waals surface area (Å²) in [4.78, 5) is 23.1. The number of nitrogens with one attached hydrogen (secondary N) is 1. The van der Waals surface area contributed by atoms with E-state index in [2.05, 4.69) is 5.32 Å². The van der Waals surface area contributed by atoms with Gasteiger partial charge in [0.2, 0.25) is 0 Å². The number of carbonyl (C=O) groups excluding carboxylic acids is 1. The molecular weight excluding hydrogens is 298 g/mol. The van der Waals surface area contributed by atoms with Crippen LogP contribution >= 0.6 is 0 Å². The Morgan fingerprint density at radius 2 is 2.04 bits per heavy atom. The summed E-state index contributed by atoms with van der Waals surface area (Å²) in [6.07, 6.45) is 3.56. The maximum absolute atomic E-state index is 12.4. The summed E-state index contributed by atoms with van der Waals surface area (Å²) in [6, 6.07) is 3.37. The zero-order chi connectivity index (χ0) is 17.0. The molecule has 0 bridgehead atoms. The lowest BCUT2D eigenvalue weighted by atomic mass is 9.93. The van der Waals surface area contributed by atoms with Crippen molar-refractivity contribution in [2.24, 2.45) is 0 Å². The molecule has 0 radical (unpaired) electrons. The zero-order valence-corrected chi connectivity index (χ0v) is 13.5. The topological polar surface area (TPSA) is 84.9 Å². The Balaban J connectivity index is 2.50. The number of carbonyl (C=O) groups is 2. The van der Waals surface area contributed by atoms with E-state index in [9.17, 15) is 9.59 Å². The largest absolute Gasteiger partial charge is 0.490 e. The van der Waals surface area contributed by atoms with Crippen LogP contribution in [0.15, 0.2) is 18.2 Å². The molecule has 0 atom stereocenters. The van der Waals surface area contributed by atoms with Gasteiger partial charge in [-0.15, -0.1) is 0 Å². The van der Waals surface area contributed by atoms with Gasteiger partial charge >= 0.3 is 5.97 Å². The smallest absolute Gasteiger partial charge is 0.328 e. The summed E-state index contributed by atoms with van der Waals surface area (Å²) >= 11 is 0. The van der Waals surface area contributed by atoms with Crippen molar-refractivity contribution in [2.75, 3.05) is 11.9 Å². The Bertz CT molecular complexity index is 647. The summed E-state index contributed by atoms with van der Waals surface area (Å²) in [6.45, 7) is 6.08. The van der Waals surface area contributed by atoms with E-state index < -0.39 is 11.6 Å². The maximum atomic E-state index is 12.4. The average Bonchev–Trinajstić information content (AvgIpc) is 2.53. The summed E-state index contributed by atoms with van der Waals surface area (Å²) in [5.74, 6) is -0.266. The molecule has 0 aromatic heterocycles. The summed E-state index contributed by atoms with van der Waals surface area (Å²) in [5, 5.41) is 11.6. The van der Waals surface area contributed by atoms with Gasteiger partial charge < -0.3 is 19.9 Å². The van der Waals surface area contributed by atoms with Gasteiger partial charge in [0, 0.05) is 6.08 Å². The quantitative estimate of drug-likeness (QED) is 0.787. The fraction of sp³-hybridized carbons (Fsp3) is 0.412. The van der Waals surface area contributed by atoms with E-state index in [0.717, 1.165) is 6.08 Å². The normalized spacial score (nSPS) is 15.7. The highest BCUT2D eigenvalue weighted by molar-refractivity contribution is 6.01. The first-order valence-corrected chi connectivity index (χ1v) is 7.68. The van der Waals surface area contributed by atoms with E-state index in [-0.39, 0.29) is 5.91 Å². The second kappa shape index (κ2) is 6.73. The Labute approximate surface area is 135 Å². The van der Waals surface area contributed by atoms with Crippen molar-refractivity contribution in [3.8, 4) is 11.5 Å². The van der Waals surface area contributed by atoms with Crippen LogP contribution in [0.1, 0.15) is 39.2 Å². The van der Waals surface area contributed by atoms with Crippen LogP contribution in [0.2, 0.25) is 0 Å². The Kier molecular flexibility index (Phi) is 4.93. The highest BCUT2D eigenvalue weighted by Gasteiger charge is 2.42. The summed E-state index contributed by atoms with van der Waals surface area (Å²) in [5.41, 5.74) is 0.194. The first-order chi connectivity index (χ1) is 11.0. The molecule has 0 fully saturated rings. The van der Waals surface area contributed by atoms with E-state index in [1.54, 1.807) is 12.1 Å². The van der Waals surface area contributed by atoms with Crippen LogP contribution in [0.5, 0.6) is 11.5 Å². The molecule has 0 spiro atoms. The lowest BCUT2D eigenvalue weighted by molar-refractivity contribution is -0.133. The van der Waals surface area contributed by atoms with Gasteiger partial charge in [-0.25, -0.2) is 4.79 Å². The van der Waals surface area contributed by atoms with E-state index in [1.165, 1.54) is 6.08 Å². The molecule has 1 aliphatic rings. The number of aliphatic carboxylic acids is 1. The average molecular weight is 319 g/mol. The number of carboxylic acids is 1. The standard InChI is InChI=1S/C17H21NO5/c1-4-17(5-2)16(21)18-12-9-11(7-8-14(19)20)10-13(22-6-3)15(12)23-17/h7-10H,4-6H2,1-3H3,(H,18,21)(H,19,20)/b8-7+. The molecule has 0 unspecified atom stereocenters. The van der Waals surface area contributed by atoms with Crippen molar-refractivity contribution >= 4 is 23.6 Å². The molecule has 0 aliphatic carbocycles. The van der Waals surface area contributed by atoms with Crippen LogP contribution in [0, 0.1) is 0 Å². The minimum atomic E-state index is -1.04. The minimum absolute atomic E-state index is 0.197. The highest BCUT2D eigenvalue weighted by Crippen LogP contribution is 2.44. The molecule has 23 heavy (non-hydrogen) atoms. The molecular formula is C17H21NO5. The van der Waals surface area contributed by atoms with Crippen LogP contribution in [0.3, 0.4) is 0 Å². The van der Waals surface area contributed by atoms with E-state index in [1.807, 2.05) is 20.8 Å². The van der Waals surface area contributed by atoms with Gasteiger partial charge in [-0.05, 0) is 43.5 Å². The van der Waals surface area contributed by atoms with Crippen molar-refractivity contribution < 1.29 is 24.2 Å². The molecule has 1 amide bonds. The zero-order valence-electron chi connectivity index (χ0n) is 13.5. The number of anilines is 1. The third-order valence-corrected chi connectivity index (χ3v) is 3.90. The minimum Gasteiger partial charge on any atom is -0.490 e. The first-order valence-electron chi connectivity index (χ1n) is 7.68. The second-order valence-electron chi connectivity index (χ2n) is 5.26. The van der Waals surface area contributed by atoms with Gasteiger partial charge in [-0.2, -0.15) is 0 Å². The number of benzene rings is 1. The van der Waals surface area contributed by atoms with Crippen molar-refractivity contribution in [1.29, 1.82) is 0 Å². The SMILES string of the molecule is CCOc1cc(/C=C/C(=O)O)cc2c1OC(CC)(CC)C(=O)N2. The number of hydrogen-bond donors (Lipinski definition) is 2. The van der Waals surface area contributed by atoms with Gasteiger partial charge in [0.25, 0.3) is 5.91 Å². The van der Waals surface area contributed by atoms with Crippen LogP contribution in [0.25, 0.3) is 6.08 Å². The van der Waals surface area contributed by atoms with Crippen molar-refractivity contribution in [3.63, 3.8) is 0 Å². The van der Waals surface area contributed by atoms with Crippen LogP contribution in [-0.2, 0) is 9.59 Å². The number of fused-ring (bicyclic) bond motifs is 1. The fourth-order valence-corrected chi connectivity index (χ4v) is 2.54. The van der Waals surface area contributed by atoms with Gasteiger partial charge in [0.1, 0.15) is 0 Å². The molecule has 1 aliphatic heterocycles. The van der Waals surface area contributed by atoms with Crippen molar-refractivity contribution in [2.45, 2.75) is 39.2 Å². The molecule has 6 nitrogen and oxygen atoms in total. The maximum Gasteiger partial charge on any atom is 0.328 e. The van der Waals surface area contributed by atoms with Crippen LogP contribution in [0.4, 0.5) is 5.69 Å². The van der Waals surface area contributed by atoms with Gasteiger partial charge in [0.05, 0.1) is 12.3 Å². The van der Waals surface area contributed by atoms with Crippen LogP contribution in [-0.4, -0.2) is 29.2 Å².